The molecule has 1 heterocycles. The van der Waals surface area contributed by atoms with Gasteiger partial charge in [-0.2, -0.15) is 0 Å². The number of aliphatic hydroxyl groups is 1. The summed E-state index contributed by atoms with van der Waals surface area (Å²) in [6.07, 6.45) is 2.28. The van der Waals surface area contributed by atoms with Crippen molar-refractivity contribution in [3.63, 3.8) is 0 Å². The molecule has 0 bridgehead atoms. The number of carbonyl (C=O) groups is 1. The maximum absolute atomic E-state index is 12.6. The average Bonchev–Trinajstić information content (AvgIpc) is 2.45. The van der Waals surface area contributed by atoms with Crippen molar-refractivity contribution < 1.29 is 9.90 Å². The molecule has 0 saturated carbocycles. The fraction of sp³-hybridized carbons (Fsp3) is 0.471. The summed E-state index contributed by atoms with van der Waals surface area (Å²) in [5.74, 6) is 6.21. The minimum atomic E-state index is -0.165. The number of aliphatic hydroxyl groups excluding tert-OH is 1. The highest BCUT2D eigenvalue weighted by atomic mass is 16.2. The highest BCUT2D eigenvalue weighted by molar-refractivity contribution is 5.96. The molecule has 3 heteroatoms. The van der Waals surface area contributed by atoms with Crippen LogP contribution in [0.1, 0.15) is 41.3 Å². The second-order valence-corrected chi connectivity index (χ2v) is 5.44. The van der Waals surface area contributed by atoms with Crippen molar-refractivity contribution in [2.24, 2.45) is 5.92 Å². The van der Waals surface area contributed by atoms with E-state index in [1.165, 1.54) is 6.42 Å². The van der Waals surface area contributed by atoms with Gasteiger partial charge < -0.3 is 10.0 Å². The van der Waals surface area contributed by atoms with Crippen LogP contribution in [0.4, 0.5) is 0 Å². The molecule has 0 radical (unpaired) electrons. The molecule has 0 aliphatic carbocycles. The molecule has 1 atom stereocenters. The summed E-state index contributed by atoms with van der Waals surface area (Å²) in [4.78, 5) is 14.6. The van der Waals surface area contributed by atoms with Gasteiger partial charge in [0, 0.05) is 24.2 Å². The van der Waals surface area contributed by atoms with Gasteiger partial charge in [-0.1, -0.05) is 24.8 Å². The number of rotatable bonds is 1. The smallest absolute Gasteiger partial charge is 0.254 e. The van der Waals surface area contributed by atoms with E-state index < -0.39 is 0 Å². The van der Waals surface area contributed by atoms with Crippen molar-refractivity contribution >= 4 is 5.91 Å². The van der Waals surface area contributed by atoms with Crippen LogP contribution >= 0.6 is 0 Å². The molecule has 2 rings (SSSR count). The Hall–Kier alpha value is -1.79. The predicted octanol–water partition coefficient (Wildman–Crippen LogP) is 2.21. The first-order chi connectivity index (χ1) is 9.63. The van der Waals surface area contributed by atoms with Crippen LogP contribution in [0.3, 0.4) is 0 Å². The molecule has 0 spiro atoms. The van der Waals surface area contributed by atoms with E-state index in [1.807, 2.05) is 30.0 Å². The van der Waals surface area contributed by atoms with E-state index in [4.69, 9.17) is 5.11 Å². The highest BCUT2D eigenvalue weighted by Gasteiger charge is 2.23. The largest absolute Gasteiger partial charge is 0.384 e. The van der Waals surface area contributed by atoms with Crippen LogP contribution in [0.5, 0.6) is 0 Å². The molecule has 0 aromatic heterocycles. The van der Waals surface area contributed by atoms with Gasteiger partial charge in [-0.3, -0.25) is 4.79 Å². The Labute approximate surface area is 120 Å². The zero-order valence-corrected chi connectivity index (χ0v) is 12.1. The van der Waals surface area contributed by atoms with Crippen LogP contribution in [-0.2, 0) is 0 Å². The third kappa shape index (κ3) is 3.20. The Bertz CT molecular complexity index is 554. The van der Waals surface area contributed by atoms with Crippen LogP contribution in [0.15, 0.2) is 18.2 Å². The fourth-order valence-electron chi connectivity index (χ4n) is 2.68. The molecule has 1 aliphatic heterocycles. The van der Waals surface area contributed by atoms with Gasteiger partial charge in [0.15, 0.2) is 0 Å². The van der Waals surface area contributed by atoms with Crippen LogP contribution < -0.4 is 0 Å². The van der Waals surface area contributed by atoms with Gasteiger partial charge in [0.05, 0.1) is 0 Å². The third-order valence-electron chi connectivity index (χ3n) is 3.81. The van der Waals surface area contributed by atoms with E-state index in [1.54, 1.807) is 0 Å². The quantitative estimate of drug-likeness (QED) is 0.796. The van der Waals surface area contributed by atoms with E-state index in [0.717, 1.165) is 36.2 Å². The van der Waals surface area contributed by atoms with Gasteiger partial charge in [-0.05, 0) is 43.4 Å². The van der Waals surface area contributed by atoms with E-state index in [-0.39, 0.29) is 12.5 Å². The Kier molecular flexibility index (Phi) is 4.81. The molecule has 20 heavy (non-hydrogen) atoms. The molecule has 1 aliphatic rings. The second-order valence-electron chi connectivity index (χ2n) is 5.44. The molecular formula is C17H21NO2. The van der Waals surface area contributed by atoms with E-state index >= 15 is 0 Å². The van der Waals surface area contributed by atoms with Crippen molar-refractivity contribution in [3.8, 4) is 11.8 Å². The number of benzene rings is 1. The maximum Gasteiger partial charge on any atom is 0.254 e. The Morgan fingerprint density at radius 2 is 2.30 bits per heavy atom. The lowest BCUT2D eigenvalue weighted by atomic mass is 9.97. The monoisotopic (exact) mass is 271 g/mol. The molecule has 1 saturated heterocycles. The van der Waals surface area contributed by atoms with Crippen molar-refractivity contribution in [1.29, 1.82) is 0 Å². The van der Waals surface area contributed by atoms with Gasteiger partial charge in [0.1, 0.15) is 6.61 Å². The van der Waals surface area contributed by atoms with E-state index in [2.05, 4.69) is 18.8 Å². The number of likely N-dealkylation sites (tertiary alicyclic amines) is 1. The highest BCUT2D eigenvalue weighted by Crippen LogP contribution is 2.20. The second kappa shape index (κ2) is 6.58. The molecule has 1 aromatic rings. The average molecular weight is 271 g/mol. The molecule has 1 fully saturated rings. The van der Waals surface area contributed by atoms with Gasteiger partial charge in [-0.25, -0.2) is 0 Å². The Balaban J connectivity index is 2.26. The zero-order valence-electron chi connectivity index (χ0n) is 12.1. The zero-order chi connectivity index (χ0) is 14.5. The van der Waals surface area contributed by atoms with Crippen molar-refractivity contribution in [1.82, 2.24) is 4.90 Å². The van der Waals surface area contributed by atoms with Gasteiger partial charge >= 0.3 is 0 Å². The summed E-state index contributed by atoms with van der Waals surface area (Å²) >= 11 is 0. The van der Waals surface area contributed by atoms with Crippen LogP contribution in [0, 0.1) is 24.7 Å². The first-order valence-corrected chi connectivity index (χ1v) is 7.12. The van der Waals surface area contributed by atoms with Crippen molar-refractivity contribution in [2.75, 3.05) is 19.7 Å². The summed E-state index contributed by atoms with van der Waals surface area (Å²) in [5, 5.41) is 8.78. The predicted molar refractivity (Wildman–Crippen MR) is 79.4 cm³/mol. The van der Waals surface area contributed by atoms with Gasteiger partial charge in [-0.15, -0.1) is 0 Å². The lowest BCUT2D eigenvalue weighted by Crippen LogP contribution is -2.39. The lowest BCUT2D eigenvalue weighted by molar-refractivity contribution is 0.0682. The van der Waals surface area contributed by atoms with Gasteiger partial charge in [0.25, 0.3) is 5.91 Å². The molecule has 3 nitrogen and oxygen atoms in total. The molecule has 1 N–H and O–H groups in total. The van der Waals surface area contributed by atoms with Crippen LogP contribution in [-0.4, -0.2) is 35.6 Å². The first-order valence-electron chi connectivity index (χ1n) is 7.12. The Morgan fingerprint density at radius 1 is 1.50 bits per heavy atom. The number of hydrogen-bond donors (Lipinski definition) is 1. The summed E-state index contributed by atoms with van der Waals surface area (Å²) in [5.41, 5.74) is 2.44. The molecule has 1 aromatic carbocycles. The number of piperidine rings is 1. The minimum absolute atomic E-state index is 0.0988. The van der Waals surface area contributed by atoms with E-state index in [9.17, 15) is 4.79 Å². The number of nitrogens with zero attached hydrogens (tertiary/aromatic N) is 1. The first kappa shape index (κ1) is 14.6. The third-order valence-corrected chi connectivity index (χ3v) is 3.81. The summed E-state index contributed by atoms with van der Waals surface area (Å²) in [6, 6.07) is 5.60. The van der Waals surface area contributed by atoms with Crippen LogP contribution in [0.25, 0.3) is 0 Å². The Morgan fingerprint density at radius 3 is 3.00 bits per heavy atom. The SMILES string of the molecule is Cc1c(C#CCO)cccc1C(=O)N1CCCC(C)C1. The summed E-state index contributed by atoms with van der Waals surface area (Å²) in [7, 11) is 0. The van der Waals surface area contributed by atoms with Gasteiger partial charge in [0.2, 0.25) is 0 Å². The standard InChI is InChI=1S/C17H21NO2/c1-13-6-4-10-18(12-13)17(20)16-9-3-7-15(14(16)2)8-5-11-19/h3,7,9,13,19H,4,6,10-12H2,1-2H3. The number of carbonyl (C=O) groups excluding carboxylic acids is 1. The molecule has 106 valence electrons. The summed E-state index contributed by atoms with van der Waals surface area (Å²) in [6.45, 7) is 5.62. The molecular weight excluding hydrogens is 250 g/mol. The van der Waals surface area contributed by atoms with Crippen molar-refractivity contribution in [3.05, 3.63) is 34.9 Å². The number of amides is 1. The number of hydrogen-bond acceptors (Lipinski definition) is 2. The van der Waals surface area contributed by atoms with Crippen molar-refractivity contribution in [2.45, 2.75) is 26.7 Å². The minimum Gasteiger partial charge on any atom is -0.384 e. The van der Waals surface area contributed by atoms with E-state index in [0.29, 0.717) is 5.92 Å². The summed E-state index contributed by atoms with van der Waals surface area (Å²) < 4.78 is 0. The maximum atomic E-state index is 12.6. The fourth-order valence-corrected chi connectivity index (χ4v) is 2.68. The lowest BCUT2D eigenvalue weighted by Gasteiger charge is -2.31. The van der Waals surface area contributed by atoms with Crippen LogP contribution in [0.2, 0.25) is 0 Å². The normalized spacial score (nSPS) is 18.4. The molecule has 1 amide bonds. The molecule has 1 unspecified atom stereocenters. The topological polar surface area (TPSA) is 40.5 Å².